The number of hydrogen-bond acceptors (Lipinski definition) is 5. The molecule has 0 aromatic carbocycles. The maximum Gasteiger partial charge on any atom is 0.325 e. The summed E-state index contributed by atoms with van der Waals surface area (Å²) in [5.41, 5.74) is 0.405. The van der Waals surface area contributed by atoms with E-state index in [0.29, 0.717) is 25.2 Å². The highest BCUT2D eigenvalue weighted by Gasteiger charge is 2.31. The number of aliphatic carboxylic acids is 1. The van der Waals surface area contributed by atoms with Crippen molar-refractivity contribution in [1.82, 2.24) is 14.7 Å². The van der Waals surface area contributed by atoms with Crippen LogP contribution in [-0.4, -0.2) is 58.0 Å². The van der Waals surface area contributed by atoms with Crippen LogP contribution in [0, 0.1) is 5.92 Å². The third kappa shape index (κ3) is 3.71. The first-order chi connectivity index (χ1) is 9.99. The summed E-state index contributed by atoms with van der Waals surface area (Å²) in [6.07, 6.45) is 3.37. The van der Waals surface area contributed by atoms with E-state index in [0.717, 1.165) is 0 Å². The minimum Gasteiger partial charge on any atom is -0.480 e. The second-order valence-electron chi connectivity index (χ2n) is 4.71. The smallest absolute Gasteiger partial charge is 0.325 e. The molecular weight excluding hydrogens is 280 g/mol. The second-order valence-corrected chi connectivity index (χ2v) is 4.71. The molecule has 1 aromatic rings. The van der Waals surface area contributed by atoms with Crippen molar-refractivity contribution in [1.29, 1.82) is 0 Å². The number of ether oxygens (including phenoxy) is 1. The number of likely N-dealkylation sites (tertiary alicyclic amines) is 1. The number of hydrogen-bond donors (Lipinski definition) is 2. The number of esters is 1. The molecule has 9 heteroatoms. The van der Waals surface area contributed by atoms with Gasteiger partial charge in [-0.2, -0.15) is 5.10 Å². The summed E-state index contributed by atoms with van der Waals surface area (Å²) in [4.78, 5) is 35.5. The molecule has 1 aromatic heterocycles. The first-order valence-electron chi connectivity index (χ1n) is 6.37. The van der Waals surface area contributed by atoms with E-state index in [4.69, 9.17) is 5.11 Å². The van der Waals surface area contributed by atoms with Gasteiger partial charge in [0.1, 0.15) is 6.54 Å². The Hall–Kier alpha value is -2.58. The Morgan fingerprint density at radius 3 is 2.95 bits per heavy atom. The van der Waals surface area contributed by atoms with Crippen molar-refractivity contribution in [2.45, 2.75) is 13.0 Å². The SMILES string of the molecule is COC(=O)C1CCN(C(=O)Nc2cnn(CC(=O)O)c2)C1. The highest BCUT2D eigenvalue weighted by atomic mass is 16.5. The Morgan fingerprint density at radius 1 is 1.52 bits per heavy atom. The second kappa shape index (κ2) is 6.25. The van der Waals surface area contributed by atoms with Gasteiger partial charge in [-0.3, -0.25) is 14.3 Å². The number of nitrogens with one attached hydrogen (secondary N) is 1. The molecule has 2 amide bonds. The van der Waals surface area contributed by atoms with Crippen LogP contribution in [0.15, 0.2) is 12.4 Å². The van der Waals surface area contributed by atoms with Gasteiger partial charge < -0.3 is 20.1 Å². The van der Waals surface area contributed by atoms with Gasteiger partial charge in [0.2, 0.25) is 0 Å². The Bertz CT molecular complexity index is 556. The van der Waals surface area contributed by atoms with E-state index >= 15 is 0 Å². The number of methoxy groups -OCH3 is 1. The van der Waals surface area contributed by atoms with Gasteiger partial charge in [-0.05, 0) is 6.42 Å². The van der Waals surface area contributed by atoms with Crippen LogP contribution < -0.4 is 5.32 Å². The molecule has 2 rings (SSSR count). The predicted molar refractivity (Wildman–Crippen MR) is 70.6 cm³/mol. The molecule has 1 aliphatic rings. The number of urea groups is 1. The summed E-state index contributed by atoms with van der Waals surface area (Å²) in [6, 6.07) is -0.351. The van der Waals surface area contributed by atoms with Crippen LogP contribution in [0.2, 0.25) is 0 Å². The number of nitrogens with zero attached hydrogens (tertiary/aromatic N) is 3. The normalized spacial score (nSPS) is 17.6. The van der Waals surface area contributed by atoms with Crippen molar-refractivity contribution in [2.24, 2.45) is 5.92 Å². The van der Waals surface area contributed by atoms with Crippen molar-refractivity contribution in [3.63, 3.8) is 0 Å². The highest BCUT2D eigenvalue weighted by Crippen LogP contribution is 2.18. The zero-order valence-electron chi connectivity index (χ0n) is 11.5. The van der Waals surface area contributed by atoms with Crippen LogP contribution in [0.5, 0.6) is 0 Å². The van der Waals surface area contributed by atoms with E-state index in [-0.39, 0.29) is 24.5 Å². The number of carbonyl (C=O) groups excluding carboxylic acids is 2. The molecule has 0 bridgehead atoms. The number of amides is 2. The van der Waals surface area contributed by atoms with Gasteiger partial charge in [-0.1, -0.05) is 0 Å². The lowest BCUT2D eigenvalue weighted by atomic mass is 10.1. The summed E-state index contributed by atoms with van der Waals surface area (Å²) >= 11 is 0. The Kier molecular flexibility index (Phi) is 4.41. The molecule has 0 saturated carbocycles. The monoisotopic (exact) mass is 296 g/mol. The van der Waals surface area contributed by atoms with E-state index < -0.39 is 5.97 Å². The minimum atomic E-state index is -1.02. The largest absolute Gasteiger partial charge is 0.480 e. The molecule has 0 spiro atoms. The Balaban J connectivity index is 1.89. The van der Waals surface area contributed by atoms with E-state index in [9.17, 15) is 14.4 Å². The van der Waals surface area contributed by atoms with Crippen LogP contribution in [0.25, 0.3) is 0 Å². The first-order valence-corrected chi connectivity index (χ1v) is 6.37. The zero-order chi connectivity index (χ0) is 15.4. The molecule has 2 N–H and O–H groups in total. The average molecular weight is 296 g/mol. The quantitative estimate of drug-likeness (QED) is 0.756. The molecule has 0 radical (unpaired) electrons. The molecule has 1 fully saturated rings. The first kappa shape index (κ1) is 14.8. The van der Waals surface area contributed by atoms with E-state index in [1.165, 1.54) is 29.1 Å². The Morgan fingerprint density at radius 2 is 2.29 bits per heavy atom. The van der Waals surface area contributed by atoms with Crippen LogP contribution in [0.4, 0.5) is 10.5 Å². The van der Waals surface area contributed by atoms with Crippen LogP contribution in [0.3, 0.4) is 0 Å². The summed E-state index contributed by atoms with van der Waals surface area (Å²) in [7, 11) is 1.32. The van der Waals surface area contributed by atoms with Crippen molar-refractivity contribution in [3.8, 4) is 0 Å². The van der Waals surface area contributed by atoms with Crippen LogP contribution in [-0.2, 0) is 20.9 Å². The van der Waals surface area contributed by atoms with Gasteiger partial charge in [0.25, 0.3) is 0 Å². The van der Waals surface area contributed by atoms with Gasteiger partial charge in [0, 0.05) is 19.3 Å². The predicted octanol–water partition coefficient (Wildman–Crippen LogP) is -0.00550. The fourth-order valence-corrected chi connectivity index (χ4v) is 2.16. The molecule has 1 unspecified atom stereocenters. The molecule has 1 saturated heterocycles. The molecular formula is C12H16N4O5. The van der Waals surface area contributed by atoms with Gasteiger partial charge >= 0.3 is 18.0 Å². The molecule has 1 aliphatic heterocycles. The molecule has 2 heterocycles. The maximum atomic E-state index is 12.0. The van der Waals surface area contributed by atoms with Crippen LogP contribution >= 0.6 is 0 Å². The number of aromatic nitrogens is 2. The van der Waals surface area contributed by atoms with Gasteiger partial charge in [-0.25, -0.2) is 4.79 Å². The lowest BCUT2D eigenvalue weighted by molar-refractivity contribution is -0.144. The van der Waals surface area contributed by atoms with Crippen LogP contribution in [0.1, 0.15) is 6.42 Å². The lowest BCUT2D eigenvalue weighted by Gasteiger charge is -2.16. The van der Waals surface area contributed by atoms with Gasteiger partial charge in [0.05, 0.1) is 24.9 Å². The average Bonchev–Trinajstić information content (AvgIpc) is 3.06. The molecule has 114 valence electrons. The number of carbonyl (C=O) groups is 3. The van der Waals surface area contributed by atoms with Crippen molar-refractivity contribution < 1.29 is 24.2 Å². The summed E-state index contributed by atoms with van der Waals surface area (Å²) in [5, 5.41) is 15.1. The molecule has 0 aliphatic carbocycles. The van der Waals surface area contributed by atoms with E-state index in [1.807, 2.05) is 0 Å². The zero-order valence-corrected chi connectivity index (χ0v) is 11.5. The lowest BCUT2D eigenvalue weighted by Crippen LogP contribution is -2.33. The summed E-state index contributed by atoms with van der Waals surface area (Å²) in [5.74, 6) is -1.63. The van der Waals surface area contributed by atoms with E-state index in [2.05, 4.69) is 15.2 Å². The Labute approximate surface area is 120 Å². The standard InChI is InChI=1S/C12H16N4O5/c1-21-11(19)8-2-3-15(5-8)12(20)14-9-4-13-16(6-9)7-10(17)18/h4,6,8H,2-3,5,7H2,1H3,(H,14,20)(H,17,18). The van der Waals surface area contributed by atoms with Crippen molar-refractivity contribution in [3.05, 3.63) is 12.4 Å². The minimum absolute atomic E-state index is 0.274. The van der Waals surface area contributed by atoms with Gasteiger partial charge in [-0.15, -0.1) is 0 Å². The fraction of sp³-hybridized carbons (Fsp3) is 0.500. The summed E-state index contributed by atoms with van der Waals surface area (Å²) < 4.78 is 5.86. The fourth-order valence-electron chi connectivity index (χ4n) is 2.16. The molecule has 1 atom stereocenters. The van der Waals surface area contributed by atoms with Crippen molar-refractivity contribution in [2.75, 3.05) is 25.5 Å². The number of rotatable bonds is 4. The maximum absolute atomic E-state index is 12.0. The molecule has 21 heavy (non-hydrogen) atoms. The topological polar surface area (TPSA) is 114 Å². The van der Waals surface area contributed by atoms with Crippen molar-refractivity contribution >= 4 is 23.7 Å². The summed E-state index contributed by atoms with van der Waals surface area (Å²) in [6.45, 7) is 0.501. The highest BCUT2D eigenvalue weighted by molar-refractivity contribution is 5.89. The van der Waals surface area contributed by atoms with E-state index in [1.54, 1.807) is 0 Å². The number of carboxylic acid groups (broad SMARTS) is 1. The number of carboxylic acids is 1. The third-order valence-electron chi connectivity index (χ3n) is 3.19. The number of anilines is 1. The third-order valence-corrected chi connectivity index (χ3v) is 3.19. The van der Waals surface area contributed by atoms with Gasteiger partial charge in [0.15, 0.2) is 0 Å². The molecule has 9 nitrogen and oxygen atoms in total.